The molecule has 2 fully saturated rings. The number of likely N-dealkylation sites (N-methyl/N-ethyl adjacent to an activating group) is 1. The third-order valence-electron chi connectivity index (χ3n) is 5.67. The van der Waals surface area contributed by atoms with Crippen LogP contribution in [0.25, 0.3) is 0 Å². The molecule has 2 N–H and O–H groups in total. The van der Waals surface area contributed by atoms with Crippen LogP contribution in [0.3, 0.4) is 0 Å². The maximum atomic E-state index is 12.7. The van der Waals surface area contributed by atoms with Crippen molar-refractivity contribution in [2.75, 3.05) is 19.6 Å². The van der Waals surface area contributed by atoms with E-state index in [-0.39, 0.29) is 30.7 Å². The molecule has 8 heteroatoms. The summed E-state index contributed by atoms with van der Waals surface area (Å²) in [7, 11) is 0. The highest BCUT2D eigenvalue weighted by molar-refractivity contribution is 5.75. The van der Waals surface area contributed by atoms with E-state index >= 15 is 0 Å². The predicted molar refractivity (Wildman–Crippen MR) is 96.9 cm³/mol. The van der Waals surface area contributed by atoms with E-state index in [0.29, 0.717) is 0 Å². The van der Waals surface area contributed by atoms with E-state index in [1.165, 1.54) is 0 Å². The van der Waals surface area contributed by atoms with Gasteiger partial charge in [-0.1, -0.05) is 6.92 Å². The fraction of sp³-hybridized carbons (Fsp3) is 0.722. The number of rotatable bonds is 7. The van der Waals surface area contributed by atoms with E-state index in [1.807, 2.05) is 29.8 Å². The van der Waals surface area contributed by atoms with E-state index in [1.54, 1.807) is 6.20 Å². The zero-order valence-electron chi connectivity index (χ0n) is 15.6. The number of carboxylic acids is 1. The summed E-state index contributed by atoms with van der Waals surface area (Å²) in [5, 5.41) is 12.1. The molecule has 1 aromatic rings. The average molecular weight is 363 g/mol. The van der Waals surface area contributed by atoms with Crippen molar-refractivity contribution in [1.82, 2.24) is 24.7 Å². The van der Waals surface area contributed by atoms with Gasteiger partial charge in [0.05, 0.1) is 12.6 Å². The minimum absolute atomic E-state index is 0.00926. The molecule has 8 nitrogen and oxygen atoms in total. The van der Waals surface area contributed by atoms with Crippen molar-refractivity contribution in [3.63, 3.8) is 0 Å². The fourth-order valence-corrected chi connectivity index (χ4v) is 4.05. The SMILES string of the molecule is CCN(CC(=O)O)C1CC(NC(=O)N2CCCC2Cn2ccnc2C)C1. The molecular formula is C18H29N5O3. The van der Waals surface area contributed by atoms with Crippen LogP contribution >= 0.6 is 0 Å². The molecule has 1 saturated heterocycles. The highest BCUT2D eigenvalue weighted by Crippen LogP contribution is 2.27. The van der Waals surface area contributed by atoms with Crippen molar-refractivity contribution in [1.29, 1.82) is 0 Å². The number of carboxylic acid groups (broad SMARTS) is 1. The number of aromatic nitrogens is 2. The number of hydrogen-bond donors (Lipinski definition) is 2. The summed E-state index contributed by atoms with van der Waals surface area (Å²) < 4.78 is 2.10. The van der Waals surface area contributed by atoms with E-state index in [9.17, 15) is 9.59 Å². The molecular weight excluding hydrogens is 334 g/mol. The Kier molecular flexibility index (Phi) is 5.80. The van der Waals surface area contributed by atoms with Crippen LogP contribution < -0.4 is 5.32 Å². The van der Waals surface area contributed by atoms with Crippen LogP contribution in [0.4, 0.5) is 4.79 Å². The van der Waals surface area contributed by atoms with Crippen molar-refractivity contribution in [3.8, 4) is 0 Å². The quantitative estimate of drug-likeness (QED) is 0.762. The van der Waals surface area contributed by atoms with Crippen LogP contribution in [0, 0.1) is 6.92 Å². The first-order chi connectivity index (χ1) is 12.5. The number of likely N-dealkylation sites (tertiary alicyclic amines) is 1. The number of nitrogens with zero attached hydrogens (tertiary/aromatic N) is 4. The van der Waals surface area contributed by atoms with Crippen LogP contribution in [0.5, 0.6) is 0 Å². The maximum absolute atomic E-state index is 12.7. The molecule has 26 heavy (non-hydrogen) atoms. The first-order valence-electron chi connectivity index (χ1n) is 9.48. The van der Waals surface area contributed by atoms with Crippen LogP contribution in [0.15, 0.2) is 12.4 Å². The molecule has 1 aromatic heterocycles. The molecule has 1 saturated carbocycles. The molecule has 2 aliphatic rings. The number of aryl methyl sites for hydroxylation is 1. The lowest BCUT2D eigenvalue weighted by atomic mass is 9.85. The Hall–Kier alpha value is -2.09. The summed E-state index contributed by atoms with van der Waals surface area (Å²) >= 11 is 0. The highest BCUT2D eigenvalue weighted by atomic mass is 16.4. The normalized spacial score (nSPS) is 25.3. The van der Waals surface area contributed by atoms with Gasteiger partial charge in [-0.2, -0.15) is 0 Å². The van der Waals surface area contributed by atoms with Gasteiger partial charge in [-0.05, 0) is 39.2 Å². The molecule has 1 atom stereocenters. The summed E-state index contributed by atoms with van der Waals surface area (Å²) in [5.74, 6) is 0.172. The number of aliphatic carboxylic acids is 1. The number of hydrogen-bond acceptors (Lipinski definition) is 4. The number of carbonyl (C=O) groups is 2. The molecule has 144 valence electrons. The topological polar surface area (TPSA) is 90.7 Å². The Morgan fingerprint density at radius 2 is 2.19 bits per heavy atom. The number of urea groups is 1. The monoisotopic (exact) mass is 363 g/mol. The van der Waals surface area contributed by atoms with Gasteiger partial charge in [-0.25, -0.2) is 9.78 Å². The summed E-state index contributed by atoms with van der Waals surface area (Å²) in [6.07, 6.45) is 7.45. The lowest BCUT2D eigenvalue weighted by Gasteiger charge is -2.43. The second-order valence-electron chi connectivity index (χ2n) is 7.34. The Labute approximate surface area is 154 Å². The number of imidazole rings is 1. The van der Waals surface area contributed by atoms with Crippen molar-refractivity contribution in [3.05, 3.63) is 18.2 Å². The minimum atomic E-state index is -0.797. The van der Waals surface area contributed by atoms with Crippen molar-refractivity contribution >= 4 is 12.0 Å². The zero-order valence-corrected chi connectivity index (χ0v) is 15.6. The lowest BCUT2D eigenvalue weighted by molar-refractivity contribution is -0.139. The van der Waals surface area contributed by atoms with Gasteiger partial charge in [-0.3, -0.25) is 9.69 Å². The first-order valence-corrected chi connectivity index (χ1v) is 9.48. The largest absolute Gasteiger partial charge is 0.480 e. The van der Waals surface area contributed by atoms with Crippen LogP contribution in [-0.4, -0.2) is 74.2 Å². The summed E-state index contributed by atoms with van der Waals surface area (Å²) in [5.41, 5.74) is 0. The molecule has 1 unspecified atom stereocenters. The van der Waals surface area contributed by atoms with Gasteiger partial charge in [0, 0.05) is 37.6 Å². The molecule has 0 radical (unpaired) electrons. The van der Waals surface area contributed by atoms with Gasteiger partial charge < -0.3 is 19.9 Å². The van der Waals surface area contributed by atoms with Crippen LogP contribution in [0.2, 0.25) is 0 Å². The predicted octanol–water partition coefficient (Wildman–Crippen LogP) is 1.30. The smallest absolute Gasteiger partial charge is 0.317 e. The average Bonchev–Trinajstić information content (AvgIpc) is 3.18. The van der Waals surface area contributed by atoms with E-state index < -0.39 is 5.97 Å². The van der Waals surface area contributed by atoms with Gasteiger partial charge in [0.1, 0.15) is 5.82 Å². The maximum Gasteiger partial charge on any atom is 0.317 e. The summed E-state index contributed by atoms with van der Waals surface area (Å²) in [6.45, 7) is 6.32. The lowest BCUT2D eigenvalue weighted by Crippen LogP contribution is -2.57. The molecule has 1 aliphatic heterocycles. The molecule has 0 aromatic carbocycles. The minimum Gasteiger partial charge on any atom is -0.480 e. The number of nitrogens with one attached hydrogen (secondary N) is 1. The molecule has 2 heterocycles. The molecule has 3 rings (SSSR count). The molecule has 0 bridgehead atoms. The summed E-state index contributed by atoms with van der Waals surface area (Å²) in [6, 6.07) is 0.615. The molecule has 1 aliphatic carbocycles. The van der Waals surface area contributed by atoms with Gasteiger partial charge in [0.25, 0.3) is 0 Å². The first kappa shape index (κ1) is 18.7. The standard InChI is InChI=1S/C18H29N5O3/c1-3-21(12-17(24)25)16-9-14(10-16)20-18(26)23-7-4-5-15(23)11-22-8-6-19-13(22)2/h6,8,14-16H,3-5,7,9-12H2,1-2H3,(H,20,26)(H,24,25). The Balaban J connectivity index is 1.48. The second kappa shape index (κ2) is 8.07. The van der Waals surface area contributed by atoms with E-state index in [2.05, 4.69) is 14.9 Å². The highest BCUT2D eigenvalue weighted by Gasteiger charge is 2.37. The zero-order chi connectivity index (χ0) is 18.7. The van der Waals surface area contributed by atoms with E-state index in [4.69, 9.17) is 5.11 Å². The van der Waals surface area contributed by atoms with Crippen LogP contribution in [-0.2, 0) is 11.3 Å². The van der Waals surface area contributed by atoms with Gasteiger partial charge in [0.2, 0.25) is 0 Å². The Bertz CT molecular complexity index is 641. The third-order valence-corrected chi connectivity index (χ3v) is 5.67. The fourth-order valence-electron chi connectivity index (χ4n) is 4.05. The van der Waals surface area contributed by atoms with Crippen LogP contribution in [0.1, 0.15) is 38.4 Å². The van der Waals surface area contributed by atoms with Gasteiger partial charge in [-0.15, -0.1) is 0 Å². The van der Waals surface area contributed by atoms with Gasteiger partial charge in [0.15, 0.2) is 0 Å². The van der Waals surface area contributed by atoms with Crippen molar-refractivity contribution < 1.29 is 14.7 Å². The third kappa shape index (κ3) is 4.17. The second-order valence-corrected chi connectivity index (χ2v) is 7.34. The number of amides is 2. The van der Waals surface area contributed by atoms with Crippen molar-refractivity contribution in [2.24, 2.45) is 0 Å². The van der Waals surface area contributed by atoms with E-state index in [0.717, 1.165) is 51.1 Å². The Morgan fingerprint density at radius 3 is 2.81 bits per heavy atom. The molecule has 0 spiro atoms. The summed E-state index contributed by atoms with van der Waals surface area (Å²) in [4.78, 5) is 31.8. The van der Waals surface area contributed by atoms with Gasteiger partial charge >= 0.3 is 12.0 Å². The van der Waals surface area contributed by atoms with Crippen molar-refractivity contribution in [2.45, 2.75) is 64.2 Å². The molecule has 2 amide bonds. The Morgan fingerprint density at radius 1 is 1.42 bits per heavy atom. The number of carbonyl (C=O) groups excluding carboxylic acids is 1.